The third-order valence-corrected chi connectivity index (χ3v) is 4.57. The Bertz CT molecular complexity index is 971. The number of carbonyl (C=O) groups excluding carboxylic acids is 1. The van der Waals surface area contributed by atoms with Gasteiger partial charge in [0.1, 0.15) is 5.69 Å². The van der Waals surface area contributed by atoms with Crippen molar-refractivity contribution in [1.29, 1.82) is 0 Å². The number of carbonyl (C=O) groups is 1. The summed E-state index contributed by atoms with van der Waals surface area (Å²) in [5.74, 6) is -0.266. The SMILES string of the molecule is Cc1ccccc1C=NNC(=O)c1[nH]nc2c1CCc1ccccc1-2. The molecule has 1 amide bonds. The fourth-order valence-electron chi connectivity index (χ4n) is 3.20. The first kappa shape index (κ1) is 15.3. The number of aromatic amines is 1. The summed E-state index contributed by atoms with van der Waals surface area (Å²) >= 11 is 0. The van der Waals surface area contributed by atoms with Gasteiger partial charge in [0.05, 0.1) is 11.9 Å². The lowest BCUT2D eigenvalue weighted by Gasteiger charge is -2.15. The van der Waals surface area contributed by atoms with Crippen LogP contribution in [0.4, 0.5) is 0 Å². The van der Waals surface area contributed by atoms with Crippen LogP contribution in [0.25, 0.3) is 11.3 Å². The summed E-state index contributed by atoms with van der Waals surface area (Å²) in [6.45, 7) is 2.01. The molecule has 1 aliphatic carbocycles. The maximum atomic E-state index is 12.5. The molecule has 2 N–H and O–H groups in total. The molecule has 0 aliphatic heterocycles. The largest absolute Gasteiger partial charge is 0.289 e. The van der Waals surface area contributed by atoms with Crippen LogP contribution in [0.15, 0.2) is 53.6 Å². The third-order valence-electron chi connectivity index (χ3n) is 4.57. The zero-order valence-corrected chi connectivity index (χ0v) is 13.9. The van der Waals surface area contributed by atoms with Gasteiger partial charge in [0.25, 0.3) is 5.91 Å². The molecule has 0 spiro atoms. The molecule has 0 saturated carbocycles. The van der Waals surface area contributed by atoms with E-state index >= 15 is 0 Å². The molecule has 25 heavy (non-hydrogen) atoms. The Morgan fingerprint density at radius 2 is 1.96 bits per heavy atom. The third kappa shape index (κ3) is 2.85. The van der Waals surface area contributed by atoms with Crippen LogP contribution in [-0.4, -0.2) is 22.3 Å². The van der Waals surface area contributed by atoms with Crippen LogP contribution >= 0.6 is 0 Å². The van der Waals surface area contributed by atoms with Gasteiger partial charge in [-0.2, -0.15) is 10.2 Å². The van der Waals surface area contributed by atoms with Crippen molar-refractivity contribution in [3.63, 3.8) is 0 Å². The summed E-state index contributed by atoms with van der Waals surface area (Å²) in [7, 11) is 0. The van der Waals surface area contributed by atoms with E-state index in [9.17, 15) is 4.79 Å². The van der Waals surface area contributed by atoms with E-state index in [-0.39, 0.29) is 5.91 Å². The van der Waals surface area contributed by atoms with Gasteiger partial charge in [0, 0.05) is 11.1 Å². The van der Waals surface area contributed by atoms with Gasteiger partial charge in [-0.15, -0.1) is 0 Å². The summed E-state index contributed by atoms with van der Waals surface area (Å²) in [5.41, 5.74) is 9.37. The number of benzene rings is 2. The molecule has 5 heteroatoms. The predicted molar refractivity (Wildman–Crippen MR) is 97.7 cm³/mol. The Hall–Kier alpha value is -3.21. The van der Waals surface area contributed by atoms with E-state index in [1.165, 1.54) is 5.56 Å². The molecule has 124 valence electrons. The van der Waals surface area contributed by atoms with Crippen molar-refractivity contribution in [3.8, 4) is 11.3 Å². The Kier molecular flexibility index (Phi) is 3.90. The first-order valence-corrected chi connectivity index (χ1v) is 8.28. The lowest BCUT2D eigenvalue weighted by Crippen LogP contribution is -2.20. The van der Waals surface area contributed by atoms with Gasteiger partial charge in [-0.25, -0.2) is 5.43 Å². The van der Waals surface area contributed by atoms with Crippen molar-refractivity contribution in [1.82, 2.24) is 15.6 Å². The minimum atomic E-state index is -0.266. The highest BCUT2D eigenvalue weighted by Gasteiger charge is 2.24. The molecule has 2 aromatic carbocycles. The number of hydrogen-bond donors (Lipinski definition) is 2. The Balaban J connectivity index is 1.55. The summed E-state index contributed by atoms with van der Waals surface area (Å²) in [6, 6.07) is 16.1. The Morgan fingerprint density at radius 3 is 2.84 bits per heavy atom. The van der Waals surface area contributed by atoms with Crippen molar-refractivity contribution in [2.45, 2.75) is 19.8 Å². The maximum absolute atomic E-state index is 12.5. The van der Waals surface area contributed by atoms with E-state index < -0.39 is 0 Å². The number of amides is 1. The maximum Gasteiger partial charge on any atom is 0.289 e. The lowest BCUT2D eigenvalue weighted by molar-refractivity contribution is 0.0949. The van der Waals surface area contributed by atoms with Crippen molar-refractivity contribution < 1.29 is 4.79 Å². The van der Waals surface area contributed by atoms with E-state index in [1.807, 2.05) is 49.4 Å². The Labute approximate surface area is 145 Å². The number of aryl methyl sites for hydroxylation is 2. The van der Waals surface area contributed by atoms with Crippen LogP contribution in [0.3, 0.4) is 0 Å². The van der Waals surface area contributed by atoms with Crippen molar-refractivity contribution in [2.75, 3.05) is 0 Å². The molecule has 0 unspecified atom stereocenters. The number of nitrogens with zero attached hydrogens (tertiary/aromatic N) is 2. The molecule has 0 radical (unpaired) electrons. The standard InChI is InChI=1S/C20H18N4O/c1-13-6-2-3-8-15(13)12-21-24-20(25)19-17-11-10-14-7-4-5-9-16(14)18(17)22-23-19/h2-9,12H,10-11H2,1H3,(H,22,23)(H,24,25). The number of H-pyrrole nitrogens is 1. The van der Waals surface area contributed by atoms with Crippen LogP contribution in [0, 0.1) is 6.92 Å². The smallest absolute Gasteiger partial charge is 0.272 e. The minimum Gasteiger partial charge on any atom is -0.272 e. The quantitative estimate of drug-likeness (QED) is 0.572. The first-order valence-electron chi connectivity index (χ1n) is 8.28. The molecule has 0 fully saturated rings. The topological polar surface area (TPSA) is 70.1 Å². The van der Waals surface area contributed by atoms with Crippen LogP contribution in [-0.2, 0) is 12.8 Å². The summed E-state index contributed by atoms with van der Waals surface area (Å²) in [5, 5.41) is 11.3. The highest BCUT2D eigenvalue weighted by molar-refractivity contribution is 5.96. The average molecular weight is 330 g/mol. The van der Waals surface area contributed by atoms with E-state index in [0.29, 0.717) is 5.69 Å². The molecule has 1 aliphatic rings. The lowest BCUT2D eigenvalue weighted by atomic mass is 9.89. The fourth-order valence-corrected chi connectivity index (χ4v) is 3.20. The van der Waals surface area contributed by atoms with E-state index in [0.717, 1.165) is 40.8 Å². The second-order valence-corrected chi connectivity index (χ2v) is 6.14. The van der Waals surface area contributed by atoms with Crippen LogP contribution in [0.1, 0.15) is 32.7 Å². The van der Waals surface area contributed by atoms with Crippen molar-refractivity contribution >= 4 is 12.1 Å². The van der Waals surface area contributed by atoms with E-state index in [4.69, 9.17) is 0 Å². The molecule has 1 heterocycles. The van der Waals surface area contributed by atoms with Gasteiger partial charge in [-0.05, 0) is 36.5 Å². The molecule has 5 nitrogen and oxygen atoms in total. The van der Waals surface area contributed by atoms with Gasteiger partial charge >= 0.3 is 0 Å². The van der Waals surface area contributed by atoms with Gasteiger partial charge in [0.15, 0.2) is 0 Å². The molecule has 0 bridgehead atoms. The second kappa shape index (κ2) is 6.36. The molecular weight excluding hydrogens is 312 g/mol. The predicted octanol–water partition coefficient (Wildman–Crippen LogP) is 3.25. The molecule has 1 aromatic heterocycles. The minimum absolute atomic E-state index is 0.266. The summed E-state index contributed by atoms with van der Waals surface area (Å²) < 4.78 is 0. The highest BCUT2D eigenvalue weighted by atomic mass is 16.2. The second-order valence-electron chi connectivity index (χ2n) is 6.14. The number of rotatable bonds is 3. The zero-order chi connectivity index (χ0) is 17.2. The van der Waals surface area contributed by atoms with Gasteiger partial charge in [0.2, 0.25) is 0 Å². The van der Waals surface area contributed by atoms with Gasteiger partial charge in [-0.1, -0.05) is 48.5 Å². The van der Waals surface area contributed by atoms with Crippen LogP contribution in [0.5, 0.6) is 0 Å². The van der Waals surface area contributed by atoms with Crippen LogP contribution in [0.2, 0.25) is 0 Å². The Morgan fingerprint density at radius 1 is 1.16 bits per heavy atom. The average Bonchev–Trinajstić information content (AvgIpc) is 3.08. The normalized spacial score (nSPS) is 12.7. The summed E-state index contributed by atoms with van der Waals surface area (Å²) in [6.07, 6.45) is 3.37. The summed E-state index contributed by atoms with van der Waals surface area (Å²) in [4.78, 5) is 12.5. The molecule has 3 aromatic rings. The van der Waals surface area contributed by atoms with Gasteiger partial charge < -0.3 is 0 Å². The number of fused-ring (bicyclic) bond motifs is 3. The molecule has 4 rings (SSSR count). The van der Waals surface area contributed by atoms with E-state index in [2.05, 4.69) is 26.8 Å². The number of nitrogens with one attached hydrogen (secondary N) is 2. The highest BCUT2D eigenvalue weighted by Crippen LogP contribution is 2.33. The first-order chi connectivity index (χ1) is 12.2. The molecule has 0 saturated heterocycles. The zero-order valence-electron chi connectivity index (χ0n) is 13.9. The van der Waals surface area contributed by atoms with Crippen molar-refractivity contribution in [3.05, 3.63) is 76.5 Å². The number of hydrazone groups is 1. The van der Waals surface area contributed by atoms with E-state index in [1.54, 1.807) is 6.21 Å². The van der Waals surface area contributed by atoms with Crippen molar-refractivity contribution in [2.24, 2.45) is 5.10 Å². The van der Waals surface area contributed by atoms with Crippen LogP contribution < -0.4 is 5.43 Å². The molecule has 0 atom stereocenters. The fraction of sp³-hybridized carbons (Fsp3) is 0.150. The molecular formula is C20H18N4O. The monoisotopic (exact) mass is 330 g/mol. The number of aromatic nitrogens is 2. The number of hydrogen-bond acceptors (Lipinski definition) is 3. The van der Waals surface area contributed by atoms with Gasteiger partial charge in [-0.3, -0.25) is 9.89 Å².